The maximum atomic E-state index is 11.7. The highest BCUT2D eigenvalue weighted by atomic mass is 32.3. The normalized spacial score (nSPS) is 46.4. The van der Waals surface area contributed by atoms with Crippen LogP contribution in [0.2, 0.25) is 0 Å². The van der Waals surface area contributed by atoms with Gasteiger partial charge in [0.05, 0.1) is 37.6 Å². The van der Waals surface area contributed by atoms with Gasteiger partial charge >= 0.3 is 10.4 Å². The van der Waals surface area contributed by atoms with E-state index in [-0.39, 0.29) is 52.4 Å². The van der Waals surface area contributed by atoms with Crippen molar-refractivity contribution in [1.29, 1.82) is 0 Å². The highest BCUT2D eigenvalue weighted by Gasteiger charge is 2.65. The van der Waals surface area contributed by atoms with E-state index in [9.17, 15) is 34.0 Å². The summed E-state index contributed by atoms with van der Waals surface area (Å²) in [6.07, 6.45) is 4.54. The van der Waals surface area contributed by atoms with Gasteiger partial charge in [-0.15, -0.1) is 0 Å². The maximum Gasteiger partial charge on any atom is 0.397 e. The molecule has 0 bridgehead atoms. The van der Waals surface area contributed by atoms with Crippen molar-refractivity contribution in [3.8, 4) is 0 Å². The van der Waals surface area contributed by atoms with Gasteiger partial charge in [0, 0.05) is 5.92 Å². The van der Waals surface area contributed by atoms with Crippen molar-refractivity contribution in [2.45, 2.75) is 103 Å². The molecule has 4 fully saturated rings. The van der Waals surface area contributed by atoms with Crippen LogP contribution in [0.1, 0.15) is 78.6 Å². The first-order chi connectivity index (χ1) is 17.2. The number of aliphatic hydroxyl groups excluding tert-OH is 5. The van der Waals surface area contributed by atoms with Crippen molar-refractivity contribution in [2.24, 2.45) is 52.3 Å². The van der Waals surface area contributed by atoms with Crippen molar-refractivity contribution < 1.29 is 42.7 Å². The van der Waals surface area contributed by atoms with Crippen LogP contribution in [0, 0.1) is 52.3 Å². The molecular formula is C27H48O9S. The molecule has 0 aromatic carbocycles. The van der Waals surface area contributed by atoms with Gasteiger partial charge in [-0.2, -0.15) is 8.42 Å². The molecular weight excluding hydrogens is 500 g/mol. The molecule has 0 aromatic rings. The van der Waals surface area contributed by atoms with E-state index in [0.717, 1.165) is 38.5 Å². The van der Waals surface area contributed by atoms with Gasteiger partial charge in [-0.1, -0.05) is 20.8 Å². The third-order valence-electron chi connectivity index (χ3n) is 11.6. The van der Waals surface area contributed by atoms with E-state index in [4.69, 9.17) is 4.55 Å². The topological polar surface area (TPSA) is 165 Å². The first-order valence-electron chi connectivity index (χ1n) is 14.2. The van der Waals surface area contributed by atoms with E-state index in [1.54, 1.807) is 0 Å². The van der Waals surface area contributed by atoms with E-state index >= 15 is 0 Å². The highest BCUT2D eigenvalue weighted by Crippen LogP contribution is 2.68. The molecule has 7 unspecified atom stereocenters. The summed E-state index contributed by atoms with van der Waals surface area (Å²) >= 11 is 0. The van der Waals surface area contributed by atoms with Gasteiger partial charge in [-0.3, -0.25) is 4.55 Å². The zero-order valence-corrected chi connectivity index (χ0v) is 23.3. The maximum absolute atomic E-state index is 11.7. The van der Waals surface area contributed by atoms with Gasteiger partial charge < -0.3 is 25.5 Å². The largest absolute Gasteiger partial charge is 0.397 e. The van der Waals surface area contributed by atoms with Crippen molar-refractivity contribution >= 4 is 10.4 Å². The molecule has 4 aliphatic carbocycles. The molecule has 0 spiro atoms. The molecule has 216 valence electrons. The summed E-state index contributed by atoms with van der Waals surface area (Å²) in [7, 11) is -4.65. The van der Waals surface area contributed by atoms with Gasteiger partial charge in [-0.25, -0.2) is 4.18 Å². The Kier molecular flexibility index (Phi) is 8.75. The molecule has 4 aliphatic rings. The average molecular weight is 549 g/mol. The number of fused-ring (bicyclic) bond motifs is 5. The molecule has 9 nitrogen and oxygen atoms in total. The van der Waals surface area contributed by atoms with Crippen LogP contribution in [0.4, 0.5) is 0 Å². The standard InChI is InChI=1S/C27H48O9S/c1-15(4-7-22(30)16(13-28)14-36-37(33,34)35)19-5-6-20-25-21(12-24(32)27(19,20)3)26(2)9-8-18(29)10-17(26)11-23(25)31/h15-25,28-32H,4-14H2,1-3H3,(H,33,34,35)/t15-,16?,17?,18-,19?,20?,21?,22-,23?,24+,25?,26+,27-/m1/s1. The third kappa shape index (κ3) is 5.51. The smallest absolute Gasteiger partial charge is 0.396 e. The summed E-state index contributed by atoms with van der Waals surface area (Å²) in [5, 5.41) is 53.5. The molecule has 0 aromatic heterocycles. The van der Waals surface area contributed by atoms with Crippen LogP contribution in [0.3, 0.4) is 0 Å². The molecule has 13 atom stereocenters. The van der Waals surface area contributed by atoms with Gasteiger partial charge in [-0.05, 0) is 104 Å². The van der Waals surface area contributed by atoms with Crippen LogP contribution in [0.25, 0.3) is 0 Å². The molecule has 6 N–H and O–H groups in total. The number of hydrogen-bond acceptors (Lipinski definition) is 8. The Balaban J connectivity index is 1.45. The first-order valence-corrected chi connectivity index (χ1v) is 15.5. The average Bonchev–Trinajstić information content (AvgIpc) is 3.17. The summed E-state index contributed by atoms with van der Waals surface area (Å²) in [6.45, 7) is 5.67. The van der Waals surface area contributed by atoms with E-state index in [1.807, 2.05) is 0 Å². The van der Waals surface area contributed by atoms with E-state index < -0.39 is 47.8 Å². The van der Waals surface area contributed by atoms with Crippen LogP contribution in [0.5, 0.6) is 0 Å². The van der Waals surface area contributed by atoms with Crippen LogP contribution >= 0.6 is 0 Å². The van der Waals surface area contributed by atoms with E-state index in [1.165, 1.54) is 0 Å². The zero-order valence-electron chi connectivity index (χ0n) is 22.4. The fourth-order valence-electron chi connectivity index (χ4n) is 9.46. The summed E-state index contributed by atoms with van der Waals surface area (Å²) in [5.41, 5.74) is -0.309. The Morgan fingerprint density at radius 2 is 1.70 bits per heavy atom. The lowest BCUT2D eigenvalue weighted by Crippen LogP contribution is -2.62. The predicted molar refractivity (Wildman–Crippen MR) is 136 cm³/mol. The molecule has 4 saturated carbocycles. The number of aliphatic hydroxyl groups is 5. The van der Waals surface area contributed by atoms with E-state index in [0.29, 0.717) is 19.3 Å². The molecule has 10 heteroatoms. The van der Waals surface area contributed by atoms with Crippen molar-refractivity contribution in [3.63, 3.8) is 0 Å². The van der Waals surface area contributed by atoms with Gasteiger partial charge in [0.15, 0.2) is 0 Å². The lowest BCUT2D eigenvalue weighted by molar-refractivity contribution is -0.207. The van der Waals surface area contributed by atoms with Crippen molar-refractivity contribution in [2.75, 3.05) is 13.2 Å². The Morgan fingerprint density at radius 1 is 1.00 bits per heavy atom. The van der Waals surface area contributed by atoms with Gasteiger partial charge in [0.1, 0.15) is 0 Å². The van der Waals surface area contributed by atoms with Gasteiger partial charge in [0.2, 0.25) is 0 Å². The third-order valence-corrected chi connectivity index (χ3v) is 12.1. The molecule has 0 aliphatic heterocycles. The SMILES string of the molecule is C[C@H](CC[C@@H](O)C(CO)COS(=O)(=O)O)C1CCC2C3C(O)CC4C[C@H](O)CC[C@]4(C)C3C[C@H](O)[C@@]21C. The predicted octanol–water partition coefficient (Wildman–Crippen LogP) is 2.15. The summed E-state index contributed by atoms with van der Waals surface area (Å²) < 4.78 is 34.9. The summed E-state index contributed by atoms with van der Waals surface area (Å²) in [6, 6.07) is 0. The second-order valence-corrected chi connectivity index (χ2v) is 14.4. The number of hydrogen-bond donors (Lipinski definition) is 6. The van der Waals surface area contributed by atoms with Crippen molar-refractivity contribution in [1.82, 2.24) is 0 Å². The lowest BCUT2D eigenvalue weighted by Gasteiger charge is -2.63. The van der Waals surface area contributed by atoms with Crippen LogP contribution in [-0.2, 0) is 14.6 Å². The molecule has 0 radical (unpaired) electrons. The monoisotopic (exact) mass is 548 g/mol. The van der Waals surface area contributed by atoms with Crippen molar-refractivity contribution in [3.05, 3.63) is 0 Å². The Morgan fingerprint density at radius 3 is 2.35 bits per heavy atom. The molecule has 0 amide bonds. The van der Waals surface area contributed by atoms with Gasteiger partial charge in [0.25, 0.3) is 0 Å². The minimum atomic E-state index is -4.65. The second-order valence-electron chi connectivity index (χ2n) is 13.3. The summed E-state index contributed by atoms with van der Waals surface area (Å²) in [4.78, 5) is 0. The first kappa shape index (κ1) is 29.6. The Bertz CT molecular complexity index is 898. The van der Waals surface area contributed by atoms with Crippen LogP contribution in [-0.4, -0.2) is 76.1 Å². The highest BCUT2D eigenvalue weighted by molar-refractivity contribution is 7.80. The fourth-order valence-corrected chi connectivity index (χ4v) is 9.81. The van der Waals surface area contributed by atoms with E-state index in [2.05, 4.69) is 25.0 Å². The molecule has 37 heavy (non-hydrogen) atoms. The summed E-state index contributed by atoms with van der Waals surface area (Å²) in [5.74, 6) is 0.439. The Hall–Kier alpha value is -0.330. The lowest BCUT2D eigenvalue weighted by atomic mass is 9.43. The fraction of sp³-hybridized carbons (Fsp3) is 1.00. The molecule has 4 rings (SSSR count). The minimum absolute atomic E-state index is 0.0304. The van der Waals surface area contributed by atoms with Crippen LogP contribution < -0.4 is 0 Å². The molecule has 0 heterocycles. The zero-order chi connectivity index (χ0) is 27.3. The Labute approximate surface area is 221 Å². The number of rotatable bonds is 9. The second kappa shape index (κ2) is 10.9. The quantitative estimate of drug-likeness (QED) is 0.237. The molecule has 0 saturated heterocycles. The van der Waals surface area contributed by atoms with Crippen LogP contribution in [0.15, 0.2) is 0 Å². The minimum Gasteiger partial charge on any atom is -0.396 e.